The molecular weight excluding hydrogens is 212 g/mol. The molecule has 4 N–H and O–H groups in total. The summed E-state index contributed by atoms with van der Waals surface area (Å²) in [6, 6.07) is 1.59. The van der Waals surface area contributed by atoms with E-state index < -0.39 is 18.2 Å². The highest BCUT2D eigenvalue weighted by Gasteiger charge is 2.28. The van der Waals surface area contributed by atoms with E-state index in [4.69, 9.17) is 5.73 Å². The Hall–Kier alpha value is -1.66. The van der Waals surface area contributed by atoms with Crippen LogP contribution in [-0.2, 0) is 9.53 Å². The van der Waals surface area contributed by atoms with Crippen LogP contribution in [-0.4, -0.2) is 34.4 Å². The van der Waals surface area contributed by atoms with Crippen molar-refractivity contribution in [2.75, 3.05) is 12.8 Å². The standard InChI is InChI=1S/C10H14N2O4/c1-5-3-6(11)7(12-4-5)8(13)9(14)10(15)16-2/h3-4,8-9,13-14H,11H2,1-2H3. The Kier molecular flexibility index (Phi) is 3.81. The van der Waals surface area contributed by atoms with E-state index >= 15 is 0 Å². The summed E-state index contributed by atoms with van der Waals surface area (Å²) in [5, 5.41) is 19.1. The number of ether oxygens (including phenoxy) is 1. The van der Waals surface area contributed by atoms with Crippen LogP contribution >= 0.6 is 0 Å². The number of pyridine rings is 1. The van der Waals surface area contributed by atoms with Gasteiger partial charge < -0.3 is 20.7 Å². The predicted octanol–water partition coefficient (Wildman–Crippen LogP) is -0.460. The number of nitrogens with zero attached hydrogens (tertiary/aromatic N) is 1. The Balaban J connectivity index is 2.96. The minimum absolute atomic E-state index is 0.0588. The zero-order valence-electron chi connectivity index (χ0n) is 9.04. The predicted molar refractivity (Wildman–Crippen MR) is 56.4 cm³/mol. The minimum Gasteiger partial charge on any atom is -0.467 e. The zero-order chi connectivity index (χ0) is 12.3. The van der Waals surface area contributed by atoms with E-state index in [0.717, 1.165) is 12.7 Å². The Morgan fingerprint density at radius 2 is 2.19 bits per heavy atom. The molecule has 1 rings (SSSR count). The maximum Gasteiger partial charge on any atom is 0.337 e. The largest absolute Gasteiger partial charge is 0.467 e. The first-order valence-corrected chi connectivity index (χ1v) is 4.63. The van der Waals surface area contributed by atoms with Gasteiger partial charge in [0.05, 0.1) is 18.5 Å². The van der Waals surface area contributed by atoms with Crippen LogP contribution in [0.4, 0.5) is 5.69 Å². The third-order valence-electron chi connectivity index (χ3n) is 2.11. The van der Waals surface area contributed by atoms with Crippen LogP contribution in [0.3, 0.4) is 0 Å². The van der Waals surface area contributed by atoms with E-state index in [1.807, 2.05) is 0 Å². The van der Waals surface area contributed by atoms with Crippen molar-refractivity contribution in [2.45, 2.75) is 19.1 Å². The van der Waals surface area contributed by atoms with Crippen LogP contribution in [0.2, 0.25) is 0 Å². The lowest BCUT2D eigenvalue weighted by Gasteiger charge is -2.16. The molecule has 0 aromatic carbocycles. The van der Waals surface area contributed by atoms with Crippen molar-refractivity contribution in [3.05, 3.63) is 23.5 Å². The van der Waals surface area contributed by atoms with E-state index in [9.17, 15) is 15.0 Å². The smallest absolute Gasteiger partial charge is 0.337 e. The molecule has 0 aliphatic heterocycles. The molecule has 0 saturated carbocycles. The third kappa shape index (κ3) is 2.47. The first kappa shape index (κ1) is 12.4. The molecule has 0 radical (unpaired) electrons. The van der Waals surface area contributed by atoms with Crippen molar-refractivity contribution in [1.29, 1.82) is 0 Å². The average Bonchev–Trinajstić information content (AvgIpc) is 2.26. The number of hydrogen-bond acceptors (Lipinski definition) is 6. The Labute approximate surface area is 92.7 Å². The first-order chi connectivity index (χ1) is 7.47. The zero-order valence-corrected chi connectivity index (χ0v) is 9.04. The van der Waals surface area contributed by atoms with Gasteiger partial charge in [-0.05, 0) is 18.6 Å². The number of carbonyl (C=O) groups excluding carboxylic acids is 1. The topological polar surface area (TPSA) is 106 Å². The molecule has 0 aliphatic rings. The molecule has 2 unspecified atom stereocenters. The normalized spacial score (nSPS) is 14.2. The molecule has 88 valence electrons. The number of aryl methyl sites for hydroxylation is 1. The molecule has 0 saturated heterocycles. The lowest BCUT2D eigenvalue weighted by atomic mass is 10.1. The van der Waals surface area contributed by atoms with Gasteiger partial charge in [-0.15, -0.1) is 0 Å². The molecule has 1 heterocycles. The van der Waals surface area contributed by atoms with Gasteiger partial charge >= 0.3 is 5.97 Å². The maximum absolute atomic E-state index is 11.0. The molecule has 0 bridgehead atoms. The molecule has 0 spiro atoms. The van der Waals surface area contributed by atoms with Gasteiger partial charge in [-0.25, -0.2) is 4.79 Å². The molecule has 2 atom stereocenters. The van der Waals surface area contributed by atoms with Gasteiger partial charge in [-0.2, -0.15) is 0 Å². The Morgan fingerprint density at radius 3 is 2.69 bits per heavy atom. The van der Waals surface area contributed by atoms with Crippen LogP contribution < -0.4 is 5.73 Å². The lowest BCUT2D eigenvalue weighted by Crippen LogP contribution is -2.30. The summed E-state index contributed by atoms with van der Waals surface area (Å²) in [7, 11) is 1.12. The molecule has 16 heavy (non-hydrogen) atoms. The number of aromatic nitrogens is 1. The quantitative estimate of drug-likeness (QED) is 0.602. The highest BCUT2D eigenvalue weighted by Crippen LogP contribution is 2.22. The number of methoxy groups -OCH3 is 1. The monoisotopic (exact) mass is 226 g/mol. The fourth-order valence-electron chi connectivity index (χ4n) is 1.25. The van der Waals surface area contributed by atoms with Gasteiger partial charge in [0.2, 0.25) is 0 Å². The first-order valence-electron chi connectivity index (χ1n) is 4.63. The summed E-state index contributed by atoms with van der Waals surface area (Å²) in [4.78, 5) is 14.9. The summed E-state index contributed by atoms with van der Waals surface area (Å²) in [5.41, 5.74) is 6.71. The fourth-order valence-corrected chi connectivity index (χ4v) is 1.25. The van der Waals surface area contributed by atoms with Gasteiger partial charge in [0.1, 0.15) is 6.10 Å². The van der Waals surface area contributed by atoms with E-state index in [0.29, 0.717) is 0 Å². The van der Waals surface area contributed by atoms with Crippen LogP contribution in [0.25, 0.3) is 0 Å². The Morgan fingerprint density at radius 1 is 1.56 bits per heavy atom. The van der Waals surface area contributed by atoms with Gasteiger partial charge in [0.25, 0.3) is 0 Å². The fraction of sp³-hybridized carbons (Fsp3) is 0.400. The van der Waals surface area contributed by atoms with Crippen molar-refractivity contribution < 1.29 is 19.7 Å². The van der Waals surface area contributed by atoms with Crippen LogP contribution in [0.5, 0.6) is 0 Å². The van der Waals surface area contributed by atoms with Crippen molar-refractivity contribution in [1.82, 2.24) is 4.98 Å². The van der Waals surface area contributed by atoms with Crippen molar-refractivity contribution in [3.8, 4) is 0 Å². The summed E-state index contributed by atoms with van der Waals surface area (Å²) in [5.74, 6) is -0.936. The molecule has 0 amide bonds. The number of carbonyl (C=O) groups is 1. The van der Waals surface area contributed by atoms with Crippen LogP contribution in [0.15, 0.2) is 12.3 Å². The van der Waals surface area contributed by atoms with Crippen molar-refractivity contribution >= 4 is 11.7 Å². The number of nitrogen functional groups attached to an aromatic ring is 1. The number of nitrogens with two attached hydrogens (primary N) is 1. The number of esters is 1. The van der Waals surface area contributed by atoms with Gasteiger partial charge in [0, 0.05) is 6.20 Å². The number of hydrogen-bond donors (Lipinski definition) is 3. The molecule has 6 nitrogen and oxygen atoms in total. The summed E-state index contributed by atoms with van der Waals surface area (Å²) >= 11 is 0. The molecule has 1 aromatic heterocycles. The number of rotatable bonds is 3. The second kappa shape index (κ2) is 4.91. The second-order valence-electron chi connectivity index (χ2n) is 3.40. The van der Waals surface area contributed by atoms with E-state index in [1.165, 1.54) is 6.20 Å². The number of aliphatic hydroxyl groups is 2. The molecule has 0 fully saturated rings. The SMILES string of the molecule is COC(=O)C(O)C(O)c1ncc(C)cc1N. The van der Waals surface area contributed by atoms with Crippen LogP contribution in [0, 0.1) is 6.92 Å². The summed E-state index contributed by atoms with van der Waals surface area (Å²) in [6.07, 6.45) is -1.70. The van der Waals surface area contributed by atoms with Crippen molar-refractivity contribution in [2.24, 2.45) is 0 Å². The summed E-state index contributed by atoms with van der Waals surface area (Å²) in [6.45, 7) is 1.79. The molecular formula is C10H14N2O4. The minimum atomic E-state index is -1.69. The molecule has 1 aromatic rings. The van der Waals surface area contributed by atoms with Gasteiger partial charge in [0.15, 0.2) is 6.10 Å². The second-order valence-corrected chi connectivity index (χ2v) is 3.40. The van der Waals surface area contributed by atoms with E-state index in [-0.39, 0.29) is 11.4 Å². The maximum atomic E-state index is 11.0. The number of anilines is 1. The van der Waals surface area contributed by atoms with E-state index in [2.05, 4.69) is 9.72 Å². The Bertz CT molecular complexity index is 394. The van der Waals surface area contributed by atoms with Crippen LogP contribution in [0.1, 0.15) is 17.4 Å². The summed E-state index contributed by atoms with van der Waals surface area (Å²) < 4.78 is 4.30. The lowest BCUT2D eigenvalue weighted by molar-refractivity contribution is -0.156. The third-order valence-corrected chi connectivity index (χ3v) is 2.11. The van der Waals surface area contributed by atoms with Gasteiger partial charge in [-0.3, -0.25) is 4.98 Å². The highest BCUT2D eigenvalue weighted by atomic mass is 16.5. The number of aliphatic hydroxyl groups excluding tert-OH is 2. The van der Waals surface area contributed by atoms with Crippen molar-refractivity contribution in [3.63, 3.8) is 0 Å². The average molecular weight is 226 g/mol. The van der Waals surface area contributed by atoms with E-state index in [1.54, 1.807) is 13.0 Å². The van der Waals surface area contributed by atoms with Gasteiger partial charge in [-0.1, -0.05) is 0 Å². The highest BCUT2D eigenvalue weighted by molar-refractivity contribution is 5.75. The molecule has 6 heteroatoms. The molecule has 0 aliphatic carbocycles.